The van der Waals surface area contributed by atoms with Gasteiger partial charge in [-0.2, -0.15) is 0 Å². The van der Waals surface area contributed by atoms with Crippen molar-refractivity contribution in [1.29, 1.82) is 0 Å². The number of nitrogens with two attached hydrogens (primary N) is 1. The molecule has 9 heteroatoms. The fourth-order valence-electron chi connectivity index (χ4n) is 3.65. The average Bonchev–Trinajstić information content (AvgIpc) is 3.09. The number of amides is 2. The number of anilines is 2. The van der Waals surface area contributed by atoms with Gasteiger partial charge >= 0.3 is 0 Å². The molecule has 0 spiro atoms. The number of nitrogens with one attached hydrogen (secondary N) is 2. The van der Waals surface area contributed by atoms with E-state index in [0.717, 1.165) is 31.2 Å². The van der Waals surface area contributed by atoms with Gasteiger partial charge in [0.05, 0.1) is 0 Å². The first-order valence-corrected chi connectivity index (χ1v) is 9.83. The molecule has 4 rings (SSSR count). The Morgan fingerprint density at radius 1 is 1.03 bits per heavy atom. The molecule has 7 nitrogen and oxygen atoms in total. The Labute approximate surface area is 193 Å². The second kappa shape index (κ2) is 10.6. The number of halogens is 2. The van der Waals surface area contributed by atoms with Gasteiger partial charge in [-0.3, -0.25) is 9.59 Å². The fourth-order valence-corrected chi connectivity index (χ4v) is 3.65. The maximum absolute atomic E-state index is 12.9. The molecule has 1 fully saturated rings. The molecule has 2 amide bonds. The van der Waals surface area contributed by atoms with Crippen molar-refractivity contribution < 1.29 is 14.0 Å². The summed E-state index contributed by atoms with van der Waals surface area (Å²) < 4.78 is 5.79. The van der Waals surface area contributed by atoms with E-state index in [0.29, 0.717) is 22.5 Å². The van der Waals surface area contributed by atoms with Crippen LogP contribution in [0.15, 0.2) is 47.0 Å². The van der Waals surface area contributed by atoms with Gasteiger partial charge in [0.2, 0.25) is 11.7 Å². The lowest BCUT2D eigenvalue weighted by Gasteiger charge is -2.25. The SMILES string of the molecule is Cc1ccc(NC(=O)c2oc3ccccc3c2NC(=O)C2CCC(N)CC2)nc1.Cl.Cl. The molecule has 0 atom stereocenters. The van der Waals surface area contributed by atoms with E-state index in [9.17, 15) is 9.59 Å². The minimum absolute atomic E-state index is 0. The monoisotopic (exact) mass is 464 g/mol. The molecular weight excluding hydrogens is 439 g/mol. The lowest BCUT2D eigenvalue weighted by Crippen LogP contribution is -2.32. The van der Waals surface area contributed by atoms with Crippen molar-refractivity contribution in [3.05, 3.63) is 53.9 Å². The maximum Gasteiger partial charge on any atom is 0.294 e. The van der Waals surface area contributed by atoms with E-state index in [1.54, 1.807) is 18.3 Å². The van der Waals surface area contributed by atoms with E-state index >= 15 is 0 Å². The molecule has 3 aromatic rings. The molecule has 0 unspecified atom stereocenters. The number of fused-ring (bicyclic) bond motifs is 1. The first-order valence-electron chi connectivity index (χ1n) is 9.83. The van der Waals surface area contributed by atoms with Crippen LogP contribution < -0.4 is 16.4 Å². The zero-order valence-electron chi connectivity index (χ0n) is 17.1. The minimum Gasteiger partial charge on any atom is -0.449 e. The Balaban J connectivity index is 0.00000171. The van der Waals surface area contributed by atoms with Crippen LogP contribution in [0.4, 0.5) is 11.5 Å². The number of rotatable bonds is 4. The molecule has 2 aromatic heterocycles. The number of carbonyl (C=O) groups excluding carboxylic acids is 2. The minimum atomic E-state index is -0.460. The summed E-state index contributed by atoms with van der Waals surface area (Å²) in [5.41, 5.74) is 7.87. The van der Waals surface area contributed by atoms with Crippen LogP contribution in [0.2, 0.25) is 0 Å². The lowest BCUT2D eigenvalue weighted by atomic mass is 9.86. The second-order valence-corrected chi connectivity index (χ2v) is 7.58. The first kappa shape index (κ1) is 24.7. The molecule has 1 aliphatic carbocycles. The molecule has 0 bridgehead atoms. The topological polar surface area (TPSA) is 110 Å². The molecule has 0 radical (unpaired) electrons. The fraction of sp³-hybridized carbons (Fsp3) is 0.318. The van der Waals surface area contributed by atoms with Crippen LogP contribution in [-0.4, -0.2) is 22.8 Å². The Morgan fingerprint density at radius 3 is 2.42 bits per heavy atom. The van der Waals surface area contributed by atoms with Crippen LogP contribution in [0.1, 0.15) is 41.8 Å². The summed E-state index contributed by atoms with van der Waals surface area (Å²) in [4.78, 5) is 29.9. The quantitative estimate of drug-likeness (QED) is 0.518. The number of hydrogen-bond donors (Lipinski definition) is 3. The molecule has 4 N–H and O–H groups in total. The number of aryl methyl sites for hydroxylation is 1. The number of nitrogens with zero attached hydrogens (tertiary/aromatic N) is 1. The van der Waals surface area contributed by atoms with Gasteiger partial charge in [0.1, 0.15) is 17.1 Å². The van der Waals surface area contributed by atoms with Gasteiger partial charge in [0.25, 0.3) is 5.91 Å². The number of aromatic nitrogens is 1. The predicted octanol–water partition coefficient (Wildman–Crippen LogP) is 4.69. The Morgan fingerprint density at radius 2 is 1.74 bits per heavy atom. The number of para-hydroxylation sites is 1. The molecule has 1 aromatic carbocycles. The van der Waals surface area contributed by atoms with Crippen LogP contribution in [0.5, 0.6) is 0 Å². The van der Waals surface area contributed by atoms with Gasteiger partial charge in [-0.15, -0.1) is 24.8 Å². The highest BCUT2D eigenvalue weighted by molar-refractivity contribution is 6.14. The van der Waals surface area contributed by atoms with Crippen molar-refractivity contribution >= 4 is 59.1 Å². The van der Waals surface area contributed by atoms with Crippen molar-refractivity contribution in [3.8, 4) is 0 Å². The summed E-state index contributed by atoms with van der Waals surface area (Å²) in [6, 6.07) is 11.0. The van der Waals surface area contributed by atoms with E-state index in [4.69, 9.17) is 10.2 Å². The average molecular weight is 465 g/mol. The largest absolute Gasteiger partial charge is 0.449 e. The Bertz CT molecular complexity index is 1040. The van der Waals surface area contributed by atoms with Gasteiger partial charge in [0, 0.05) is 23.5 Å². The van der Waals surface area contributed by atoms with Crippen molar-refractivity contribution in [1.82, 2.24) is 4.98 Å². The third-order valence-corrected chi connectivity index (χ3v) is 5.35. The van der Waals surface area contributed by atoms with Crippen molar-refractivity contribution in [2.75, 3.05) is 10.6 Å². The third kappa shape index (κ3) is 5.55. The lowest BCUT2D eigenvalue weighted by molar-refractivity contribution is -0.120. The third-order valence-electron chi connectivity index (χ3n) is 5.35. The summed E-state index contributed by atoms with van der Waals surface area (Å²) in [6.45, 7) is 1.92. The van der Waals surface area contributed by atoms with Crippen LogP contribution in [0.3, 0.4) is 0 Å². The maximum atomic E-state index is 12.9. The molecule has 0 saturated heterocycles. The number of hydrogen-bond acceptors (Lipinski definition) is 5. The van der Waals surface area contributed by atoms with E-state index in [2.05, 4.69) is 15.6 Å². The van der Waals surface area contributed by atoms with Gasteiger partial charge in [-0.1, -0.05) is 18.2 Å². The van der Waals surface area contributed by atoms with Gasteiger partial charge in [-0.05, 0) is 56.4 Å². The standard InChI is InChI=1S/C22H24N4O3.2ClH/c1-13-6-11-18(24-12-13)25-22(28)20-19(16-4-2-3-5-17(16)29-20)26-21(27)14-7-9-15(23)10-8-14;;/h2-6,11-12,14-15H,7-10,23H2,1H3,(H,26,27)(H,24,25,28);2*1H. The molecule has 166 valence electrons. The Hall–Kier alpha value is -2.61. The number of benzene rings is 1. The van der Waals surface area contributed by atoms with E-state index in [-0.39, 0.29) is 48.4 Å². The number of carbonyl (C=O) groups is 2. The van der Waals surface area contributed by atoms with Crippen molar-refractivity contribution in [2.45, 2.75) is 38.6 Å². The molecular formula is C22H26Cl2N4O3. The molecule has 2 heterocycles. The Kier molecular flexibility index (Phi) is 8.44. The summed E-state index contributed by atoms with van der Waals surface area (Å²) >= 11 is 0. The summed E-state index contributed by atoms with van der Waals surface area (Å²) in [7, 11) is 0. The normalized spacial score (nSPS) is 17.9. The van der Waals surface area contributed by atoms with Crippen molar-refractivity contribution in [3.63, 3.8) is 0 Å². The zero-order valence-corrected chi connectivity index (χ0v) is 18.7. The summed E-state index contributed by atoms with van der Waals surface area (Å²) in [6.07, 6.45) is 4.83. The highest BCUT2D eigenvalue weighted by Gasteiger charge is 2.28. The highest BCUT2D eigenvalue weighted by Crippen LogP contribution is 2.33. The molecule has 1 saturated carbocycles. The van der Waals surface area contributed by atoms with E-state index < -0.39 is 5.91 Å². The van der Waals surface area contributed by atoms with Crippen LogP contribution in [0.25, 0.3) is 11.0 Å². The van der Waals surface area contributed by atoms with E-state index in [1.807, 2.05) is 31.2 Å². The highest BCUT2D eigenvalue weighted by atomic mass is 35.5. The van der Waals surface area contributed by atoms with Gasteiger partial charge in [-0.25, -0.2) is 4.98 Å². The number of furan rings is 1. The molecule has 1 aliphatic rings. The van der Waals surface area contributed by atoms with Crippen LogP contribution in [-0.2, 0) is 4.79 Å². The summed E-state index contributed by atoms with van der Waals surface area (Å²) in [5.74, 6) is -0.198. The zero-order chi connectivity index (χ0) is 20.4. The van der Waals surface area contributed by atoms with Crippen LogP contribution in [0, 0.1) is 12.8 Å². The van der Waals surface area contributed by atoms with E-state index in [1.165, 1.54) is 0 Å². The number of pyridine rings is 1. The van der Waals surface area contributed by atoms with Crippen LogP contribution >= 0.6 is 24.8 Å². The smallest absolute Gasteiger partial charge is 0.294 e. The first-order chi connectivity index (χ1) is 14.0. The van der Waals surface area contributed by atoms with Crippen molar-refractivity contribution in [2.24, 2.45) is 11.7 Å². The van der Waals surface area contributed by atoms with Gasteiger partial charge in [0.15, 0.2) is 0 Å². The molecule has 0 aliphatic heterocycles. The molecule has 31 heavy (non-hydrogen) atoms. The summed E-state index contributed by atoms with van der Waals surface area (Å²) in [5, 5.41) is 6.36. The van der Waals surface area contributed by atoms with Gasteiger partial charge < -0.3 is 20.8 Å². The predicted molar refractivity (Wildman–Crippen MR) is 126 cm³/mol. The second-order valence-electron chi connectivity index (χ2n) is 7.58.